The van der Waals surface area contributed by atoms with E-state index in [9.17, 15) is 0 Å². The van der Waals surface area contributed by atoms with Crippen LogP contribution >= 0.6 is 11.3 Å². The zero-order valence-corrected chi connectivity index (χ0v) is 13.9. The first-order valence-electron chi connectivity index (χ1n) is 7.51. The molecule has 2 rings (SSSR count). The minimum absolute atomic E-state index is 0.782. The molecule has 1 aromatic carbocycles. The van der Waals surface area contributed by atoms with Crippen molar-refractivity contribution in [1.29, 1.82) is 0 Å². The van der Waals surface area contributed by atoms with Crippen molar-refractivity contribution in [3.8, 4) is 16.3 Å². The fourth-order valence-corrected chi connectivity index (χ4v) is 2.88. The van der Waals surface area contributed by atoms with E-state index in [0.717, 1.165) is 36.8 Å². The van der Waals surface area contributed by atoms with E-state index in [1.807, 2.05) is 18.3 Å². The third-order valence-corrected chi connectivity index (χ3v) is 4.46. The van der Waals surface area contributed by atoms with Crippen molar-refractivity contribution in [1.82, 2.24) is 9.88 Å². The van der Waals surface area contributed by atoms with Crippen molar-refractivity contribution in [3.63, 3.8) is 0 Å². The Morgan fingerprint density at radius 3 is 2.52 bits per heavy atom. The Bertz CT molecular complexity index is 534. The molecule has 1 heterocycles. The number of nitrogens with zero attached hydrogens (tertiary/aromatic N) is 2. The molecule has 0 aliphatic carbocycles. The fraction of sp³-hybridized carbons (Fsp3) is 0.471. The average Bonchev–Trinajstić information content (AvgIpc) is 2.96. The molecular weight excluding hydrogens is 280 g/mol. The van der Waals surface area contributed by atoms with Gasteiger partial charge in [0.15, 0.2) is 0 Å². The molecular formula is C17H24N2OS. The third-order valence-electron chi connectivity index (χ3n) is 3.27. The van der Waals surface area contributed by atoms with Gasteiger partial charge in [0.2, 0.25) is 0 Å². The van der Waals surface area contributed by atoms with Crippen LogP contribution in [0.25, 0.3) is 10.6 Å². The summed E-state index contributed by atoms with van der Waals surface area (Å²) in [6.07, 6.45) is 5.28. The summed E-state index contributed by atoms with van der Waals surface area (Å²) in [4.78, 5) is 7.99. The molecule has 2 aromatic rings. The highest BCUT2D eigenvalue weighted by atomic mass is 32.1. The fourth-order valence-electron chi connectivity index (χ4n) is 2.02. The summed E-state index contributed by atoms with van der Waals surface area (Å²) >= 11 is 1.76. The summed E-state index contributed by atoms with van der Waals surface area (Å²) < 4.78 is 5.77. The molecule has 0 unspecified atom stereocenters. The zero-order valence-electron chi connectivity index (χ0n) is 13.1. The van der Waals surface area contributed by atoms with Crippen molar-refractivity contribution in [3.05, 3.63) is 35.3 Å². The molecule has 0 fully saturated rings. The molecule has 0 aliphatic rings. The number of unbranched alkanes of at least 4 members (excludes halogenated alkanes) is 1. The molecule has 0 saturated heterocycles. The molecule has 0 amide bonds. The van der Waals surface area contributed by atoms with Gasteiger partial charge in [0.25, 0.3) is 0 Å². The van der Waals surface area contributed by atoms with Crippen LogP contribution in [0.15, 0.2) is 30.5 Å². The van der Waals surface area contributed by atoms with Gasteiger partial charge in [-0.3, -0.25) is 0 Å². The number of hydrogen-bond donors (Lipinski definition) is 0. The predicted octanol–water partition coefficient (Wildman–Crippen LogP) is 4.09. The van der Waals surface area contributed by atoms with Gasteiger partial charge in [-0.1, -0.05) is 6.92 Å². The SMILES string of the molecule is CCc1cnc(-c2ccc(OCCCCN(C)C)cc2)s1. The smallest absolute Gasteiger partial charge is 0.123 e. The summed E-state index contributed by atoms with van der Waals surface area (Å²) in [5.41, 5.74) is 1.17. The second kappa shape index (κ2) is 8.15. The van der Waals surface area contributed by atoms with Gasteiger partial charge in [0.05, 0.1) is 6.61 Å². The van der Waals surface area contributed by atoms with Crippen molar-refractivity contribution < 1.29 is 4.74 Å². The van der Waals surface area contributed by atoms with Crippen LogP contribution in [0.1, 0.15) is 24.6 Å². The molecule has 21 heavy (non-hydrogen) atoms. The molecule has 0 atom stereocenters. The summed E-state index contributed by atoms with van der Waals surface area (Å²) in [6, 6.07) is 8.25. The number of aryl methyl sites for hydroxylation is 1. The highest BCUT2D eigenvalue weighted by Gasteiger charge is 2.04. The highest BCUT2D eigenvalue weighted by molar-refractivity contribution is 7.15. The summed E-state index contributed by atoms with van der Waals surface area (Å²) in [5.74, 6) is 0.941. The van der Waals surface area contributed by atoms with Crippen LogP contribution in [-0.2, 0) is 6.42 Å². The van der Waals surface area contributed by atoms with E-state index in [0.29, 0.717) is 0 Å². The van der Waals surface area contributed by atoms with Crippen LogP contribution in [0, 0.1) is 0 Å². The Morgan fingerprint density at radius 1 is 1.14 bits per heavy atom. The Kier molecular flexibility index (Phi) is 6.21. The van der Waals surface area contributed by atoms with E-state index in [4.69, 9.17) is 4.74 Å². The largest absolute Gasteiger partial charge is 0.494 e. The van der Waals surface area contributed by atoms with Crippen molar-refractivity contribution in [2.45, 2.75) is 26.2 Å². The first-order valence-corrected chi connectivity index (χ1v) is 8.33. The summed E-state index contributed by atoms with van der Waals surface area (Å²) in [5, 5.41) is 1.09. The third kappa shape index (κ3) is 5.14. The maximum Gasteiger partial charge on any atom is 0.123 e. The van der Waals surface area contributed by atoms with Gasteiger partial charge < -0.3 is 9.64 Å². The Hall–Kier alpha value is -1.39. The minimum Gasteiger partial charge on any atom is -0.494 e. The normalized spacial score (nSPS) is 11.0. The molecule has 0 bridgehead atoms. The molecule has 0 aliphatic heterocycles. The van der Waals surface area contributed by atoms with Gasteiger partial charge in [0, 0.05) is 16.6 Å². The lowest BCUT2D eigenvalue weighted by molar-refractivity contribution is 0.293. The van der Waals surface area contributed by atoms with Gasteiger partial charge in [-0.05, 0) is 64.2 Å². The second-order valence-electron chi connectivity index (χ2n) is 5.37. The molecule has 0 N–H and O–H groups in total. The van der Waals surface area contributed by atoms with E-state index in [1.54, 1.807) is 11.3 Å². The zero-order chi connectivity index (χ0) is 15.1. The van der Waals surface area contributed by atoms with Gasteiger partial charge >= 0.3 is 0 Å². The minimum atomic E-state index is 0.782. The lowest BCUT2D eigenvalue weighted by Crippen LogP contribution is -2.13. The number of aromatic nitrogens is 1. The van der Waals surface area contributed by atoms with Crippen LogP contribution in [0.3, 0.4) is 0 Å². The number of benzene rings is 1. The molecule has 0 radical (unpaired) electrons. The lowest BCUT2D eigenvalue weighted by atomic mass is 10.2. The van der Waals surface area contributed by atoms with Crippen LogP contribution in [0.5, 0.6) is 5.75 Å². The molecule has 0 saturated carbocycles. The monoisotopic (exact) mass is 304 g/mol. The summed E-state index contributed by atoms with van der Waals surface area (Å²) in [7, 11) is 4.20. The first kappa shape index (κ1) is 16.0. The van der Waals surface area contributed by atoms with Crippen molar-refractivity contribution in [2.75, 3.05) is 27.2 Å². The van der Waals surface area contributed by atoms with E-state index >= 15 is 0 Å². The number of ether oxygens (including phenoxy) is 1. The lowest BCUT2D eigenvalue weighted by Gasteiger charge is -2.10. The van der Waals surface area contributed by atoms with Crippen LogP contribution < -0.4 is 4.74 Å². The highest BCUT2D eigenvalue weighted by Crippen LogP contribution is 2.27. The topological polar surface area (TPSA) is 25.4 Å². The Balaban J connectivity index is 1.81. The van der Waals surface area contributed by atoms with E-state index in [-0.39, 0.29) is 0 Å². The number of thiazole rings is 1. The maximum atomic E-state index is 5.77. The quantitative estimate of drug-likeness (QED) is 0.687. The predicted molar refractivity (Wildman–Crippen MR) is 90.2 cm³/mol. The molecule has 4 heteroatoms. The Labute approximate surface area is 131 Å². The van der Waals surface area contributed by atoms with Gasteiger partial charge in [0.1, 0.15) is 10.8 Å². The molecule has 1 aromatic heterocycles. The average molecular weight is 304 g/mol. The molecule has 3 nitrogen and oxygen atoms in total. The van der Waals surface area contributed by atoms with Crippen LogP contribution in [-0.4, -0.2) is 37.1 Å². The van der Waals surface area contributed by atoms with E-state index < -0.39 is 0 Å². The second-order valence-corrected chi connectivity index (χ2v) is 6.48. The Morgan fingerprint density at radius 2 is 1.90 bits per heavy atom. The number of rotatable bonds is 8. The van der Waals surface area contributed by atoms with Crippen LogP contribution in [0.4, 0.5) is 0 Å². The van der Waals surface area contributed by atoms with E-state index in [2.05, 4.69) is 43.0 Å². The van der Waals surface area contributed by atoms with Gasteiger partial charge in [-0.2, -0.15) is 0 Å². The van der Waals surface area contributed by atoms with Gasteiger partial charge in [-0.15, -0.1) is 11.3 Å². The van der Waals surface area contributed by atoms with Gasteiger partial charge in [-0.25, -0.2) is 4.98 Å². The maximum absolute atomic E-state index is 5.77. The molecule has 0 spiro atoms. The molecule has 114 valence electrons. The van der Waals surface area contributed by atoms with E-state index in [1.165, 1.54) is 16.9 Å². The standard InChI is InChI=1S/C17H24N2OS/c1-4-16-13-18-17(21-16)14-7-9-15(10-8-14)20-12-6-5-11-19(2)3/h7-10,13H,4-6,11-12H2,1-3H3. The van der Waals surface area contributed by atoms with Crippen molar-refractivity contribution in [2.24, 2.45) is 0 Å². The summed E-state index contributed by atoms with van der Waals surface area (Å²) in [6.45, 7) is 4.06. The van der Waals surface area contributed by atoms with Crippen molar-refractivity contribution >= 4 is 11.3 Å². The first-order chi connectivity index (χ1) is 10.2. The number of hydrogen-bond acceptors (Lipinski definition) is 4. The van der Waals surface area contributed by atoms with Crippen LogP contribution in [0.2, 0.25) is 0 Å².